The summed E-state index contributed by atoms with van der Waals surface area (Å²) in [6, 6.07) is 0. The molecule has 254 valence electrons. The van der Waals surface area contributed by atoms with Crippen LogP contribution in [0.3, 0.4) is 0 Å². The van der Waals surface area contributed by atoms with Crippen molar-refractivity contribution < 1.29 is 104 Å². The van der Waals surface area contributed by atoms with Gasteiger partial charge in [0.1, 0.15) is 0 Å². The number of ether oxygens (including phenoxy) is 1. The van der Waals surface area contributed by atoms with Gasteiger partial charge in [0.2, 0.25) is 0 Å². The van der Waals surface area contributed by atoms with Crippen molar-refractivity contribution in [3.05, 3.63) is 0 Å². The second-order valence-electron chi connectivity index (χ2n) is 8.87. The Morgan fingerprint density at radius 3 is 1.33 bits per heavy atom. The molecule has 0 aliphatic rings. The van der Waals surface area contributed by atoms with Crippen LogP contribution >= 0.6 is 0 Å². The Morgan fingerprint density at radius 2 is 0.930 bits per heavy atom. The summed E-state index contributed by atoms with van der Waals surface area (Å²) in [7, 11) is 0. The first-order chi connectivity index (χ1) is 18.9. The Balaban J connectivity index is 5.40. The third kappa shape index (κ3) is 7.85. The Bertz CT molecular complexity index is 993. The van der Waals surface area contributed by atoms with Gasteiger partial charge in [0.15, 0.2) is 0 Å². The van der Waals surface area contributed by atoms with Crippen molar-refractivity contribution in [3.63, 3.8) is 0 Å². The topological polar surface area (TPSA) is 101 Å². The van der Waals surface area contributed by atoms with Gasteiger partial charge in [0.05, 0.1) is 25.4 Å². The molecule has 0 aromatic heterocycles. The average Bonchev–Trinajstić information content (AvgIpc) is 2.81. The SMILES string of the molecule is O=C(O)CC(CC(=O)OCCCCCCC(F)(F)C(F)(F)C(F)(F)C(F)(F)C(F)(F)C(F)(F)C(F)(F)C(F)(F)F)C(=O)O. The van der Waals surface area contributed by atoms with Crippen molar-refractivity contribution in [1.82, 2.24) is 0 Å². The number of carboxylic acid groups (broad SMARTS) is 2. The van der Waals surface area contributed by atoms with Crippen LogP contribution in [-0.4, -0.2) is 82.4 Å². The number of rotatable bonds is 18. The molecule has 6 nitrogen and oxygen atoms in total. The summed E-state index contributed by atoms with van der Waals surface area (Å²) in [6.45, 7) is -0.624. The van der Waals surface area contributed by atoms with Crippen molar-refractivity contribution in [2.75, 3.05) is 6.61 Å². The third-order valence-electron chi connectivity index (χ3n) is 5.62. The van der Waals surface area contributed by atoms with Gasteiger partial charge in [-0.05, 0) is 12.8 Å². The van der Waals surface area contributed by atoms with Crippen LogP contribution in [0.5, 0.6) is 0 Å². The van der Waals surface area contributed by atoms with E-state index in [0.29, 0.717) is 0 Å². The van der Waals surface area contributed by atoms with Gasteiger partial charge in [-0.1, -0.05) is 12.8 Å². The second-order valence-corrected chi connectivity index (χ2v) is 8.87. The van der Waals surface area contributed by atoms with E-state index < -0.39 is 117 Å². The molecular weight excluding hydrogens is 659 g/mol. The van der Waals surface area contributed by atoms with Crippen LogP contribution in [0.1, 0.15) is 44.9 Å². The standard InChI is InChI=1S/C20H19F17O6/c21-13(22,5-3-1-2-4-6-43-11(40)8-9(12(41)42)7-10(38)39)14(23,24)15(25,26)16(27,28)17(29,30)18(31,32)19(33,34)20(35,36)37/h9H,1-8H2,(H,38,39)(H,41,42). The molecule has 0 aliphatic heterocycles. The zero-order chi connectivity index (χ0) is 34.7. The minimum absolute atomic E-state index is 0.340. The Kier molecular flexibility index (Phi) is 12.2. The first kappa shape index (κ1) is 40.2. The van der Waals surface area contributed by atoms with Crippen LogP contribution in [0.25, 0.3) is 0 Å². The molecule has 0 radical (unpaired) electrons. The lowest BCUT2D eigenvalue weighted by atomic mass is 9.88. The van der Waals surface area contributed by atoms with E-state index in [1.807, 2.05) is 0 Å². The minimum atomic E-state index is -8.68. The normalized spacial score (nSPS) is 15.3. The van der Waals surface area contributed by atoms with E-state index in [1.54, 1.807) is 0 Å². The van der Waals surface area contributed by atoms with Gasteiger partial charge in [-0.2, -0.15) is 74.6 Å². The number of unbranched alkanes of at least 4 members (excludes halogenated alkanes) is 3. The van der Waals surface area contributed by atoms with E-state index in [-0.39, 0.29) is 6.42 Å². The van der Waals surface area contributed by atoms with E-state index in [1.165, 1.54) is 0 Å². The lowest BCUT2D eigenvalue weighted by Crippen LogP contribution is -2.74. The third-order valence-corrected chi connectivity index (χ3v) is 5.62. The van der Waals surface area contributed by atoms with Crippen LogP contribution in [0, 0.1) is 5.92 Å². The van der Waals surface area contributed by atoms with Gasteiger partial charge in [0.25, 0.3) is 0 Å². The Hall–Kier alpha value is -2.78. The molecule has 0 fully saturated rings. The van der Waals surface area contributed by atoms with Crippen LogP contribution in [0.2, 0.25) is 0 Å². The van der Waals surface area contributed by atoms with Crippen molar-refractivity contribution in [2.24, 2.45) is 5.92 Å². The zero-order valence-corrected chi connectivity index (χ0v) is 20.7. The number of aliphatic carboxylic acids is 2. The van der Waals surface area contributed by atoms with Crippen molar-refractivity contribution in [1.29, 1.82) is 0 Å². The maximum absolute atomic E-state index is 13.8. The summed E-state index contributed by atoms with van der Waals surface area (Å²) in [5, 5.41) is 17.3. The molecule has 0 amide bonds. The van der Waals surface area contributed by atoms with Crippen molar-refractivity contribution in [2.45, 2.75) is 92.6 Å². The predicted octanol–water partition coefficient (Wildman–Crippen LogP) is 7.06. The highest BCUT2D eigenvalue weighted by molar-refractivity contribution is 5.82. The second kappa shape index (κ2) is 13.1. The molecule has 2 N–H and O–H groups in total. The summed E-state index contributed by atoms with van der Waals surface area (Å²) in [4.78, 5) is 32.9. The summed E-state index contributed by atoms with van der Waals surface area (Å²) in [5.74, 6) is -62.9. The summed E-state index contributed by atoms with van der Waals surface area (Å²) in [6.07, 6.45) is -15.1. The van der Waals surface area contributed by atoms with E-state index >= 15 is 0 Å². The molecule has 0 bridgehead atoms. The van der Waals surface area contributed by atoms with E-state index in [2.05, 4.69) is 4.74 Å². The lowest BCUT2D eigenvalue weighted by molar-refractivity contribution is -0.461. The monoisotopic (exact) mass is 678 g/mol. The predicted molar refractivity (Wildman–Crippen MR) is 103 cm³/mol. The van der Waals surface area contributed by atoms with Gasteiger partial charge < -0.3 is 14.9 Å². The number of carboxylic acids is 2. The van der Waals surface area contributed by atoms with Gasteiger partial charge >= 0.3 is 65.5 Å². The fourth-order valence-corrected chi connectivity index (χ4v) is 3.06. The van der Waals surface area contributed by atoms with Crippen LogP contribution < -0.4 is 0 Å². The van der Waals surface area contributed by atoms with Crippen molar-refractivity contribution in [3.8, 4) is 0 Å². The number of halogens is 17. The number of hydrogen-bond acceptors (Lipinski definition) is 4. The fourth-order valence-electron chi connectivity index (χ4n) is 3.06. The van der Waals surface area contributed by atoms with E-state index in [9.17, 15) is 89.0 Å². The zero-order valence-electron chi connectivity index (χ0n) is 20.7. The lowest BCUT2D eigenvalue weighted by Gasteiger charge is -2.42. The largest absolute Gasteiger partial charge is 0.481 e. The average molecular weight is 678 g/mol. The highest BCUT2D eigenvalue weighted by Crippen LogP contribution is 2.64. The maximum atomic E-state index is 13.8. The minimum Gasteiger partial charge on any atom is -0.481 e. The molecule has 43 heavy (non-hydrogen) atoms. The highest BCUT2D eigenvalue weighted by atomic mass is 19.4. The van der Waals surface area contributed by atoms with E-state index in [0.717, 1.165) is 0 Å². The molecule has 0 aromatic carbocycles. The Morgan fingerprint density at radius 1 is 0.535 bits per heavy atom. The molecule has 1 atom stereocenters. The molecule has 0 aromatic rings. The van der Waals surface area contributed by atoms with Gasteiger partial charge in [-0.3, -0.25) is 14.4 Å². The van der Waals surface area contributed by atoms with Gasteiger partial charge in [0, 0.05) is 6.42 Å². The molecular formula is C20H19F17O6. The smallest absolute Gasteiger partial charge is 0.460 e. The summed E-state index contributed by atoms with van der Waals surface area (Å²) in [5.41, 5.74) is 0. The maximum Gasteiger partial charge on any atom is 0.460 e. The molecule has 0 saturated heterocycles. The van der Waals surface area contributed by atoms with Gasteiger partial charge in [-0.15, -0.1) is 0 Å². The molecule has 0 aliphatic carbocycles. The number of carbonyl (C=O) groups is 3. The van der Waals surface area contributed by atoms with Crippen LogP contribution in [0.4, 0.5) is 74.6 Å². The molecule has 1 unspecified atom stereocenters. The molecule has 0 heterocycles. The van der Waals surface area contributed by atoms with E-state index in [4.69, 9.17) is 10.2 Å². The summed E-state index contributed by atoms with van der Waals surface area (Å²) < 4.78 is 229. The molecule has 23 heteroatoms. The quantitative estimate of drug-likeness (QED) is 0.0916. The molecule has 0 spiro atoms. The highest BCUT2D eigenvalue weighted by Gasteiger charge is 2.95. The fraction of sp³-hybridized carbons (Fsp3) is 0.850. The number of hydrogen-bond donors (Lipinski definition) is 2. The number of alkyl halides is 17. The first-order valence-electron chi connectivity index (χ1n) is 11.2. The summed E-state index contributed by atoms with van der Waals surface area (Å²) >= 11 is 0. The van der Waals surface area contributed by atoms with Crippen molar-refractivity contribution >= 4 is 17.9 Å². The van der Waals surface area contributed by atoms with Crippen LogP contribution in [-0.2, 0) is 19.1 Å². The first-order valence-corrected chi connectivity index (χ1v) is 11.2. The molecule has 0 saturated carbocycles. The number of esters is 1. The van der Waals surface area contributed by atoms with Gasteiger partial charge in [-0.25, -0.2) is 0 Å². The molecule has 0 rings (SSSR count). The van der Waals surface area contributed by atoms with Crippen LogP contribution in [0.15, 0.2) is 0 Å². The number of carbonyl (C=O) groups excluding carboxylic acids is 1. The Labute approximate surface area is 228 Å².